The van der Waals surface area contributed by atoms with Crippen molar-refractivity contribution in [3.05, 3.63) is 0 Å². The second kappa shape index (κ2) is 55.6. The highest BCUT2D eigenvalue weighted by molar-refractivity contribution is 5.76. The van der Waals surface area contributed by atoms with Gasteiger partial charge < -0.3 is 89.9 Å². The minimum Gasteiger partial charge on any atom is -0.394 e. The molecule has 1 amide bonds. The summed E-state index contributed by atoms with van der Waals surface area (Å²) in [4.78, 5) is 13.5. The Labute approximate surface area is 557 Å². The van der Waals surface area contributed by atoms with E-state index in [0.717, 1.165) is 44.9 Å². The normalized spacial score (nSPS) is 27.6. The van der Waals surface area contributed by atoms with Gasteiger partial charge in [-0.05, 0) is 12.8 Å². The topological polar surface area (TPSA) is 307 Å². The third kappa shape index (κ3) is 36.6. The predicted octanol–water partition coefficient (Wildman–Crippen LogP) is 11.5. The van der Waals surface area contributed by atoms with Crippen LogP contribution >= 0.6 is 0 Å². The van der Waals surface area contributed by atoms with Crippen LogP contribution in [0.3, 0.4) is 0 Å². The van der Waals surface area contributed by atoms with Crippen molar-refractivity contribution in [3.8, 4) is 0 Å². The second-order valence-electron chi connectivity index (χ2n) is 27.8. The molecule has 0 aromatic carbocycles. The molecule has 3 rings (SSSR count). The van der Waals surface area contributed by atoms with Gasteiger partial charge >= 0.3 is 0 Å². The molecule has 3 aliphatic rings. The van der Waals surface area contributed by atoms with Gasteiger partial charge in [-0.1, -0.05) is 309 Å². The fraction of sp³-hybridized carbons (Fsp3) is 0.986. The number of carbonyl (C=O) groups is 1. The zero-order valence-electron chi connectivity index (χ0n) is 58.1. The lowest BCUT2D eigenvalue weighted by molar-refractivity contribution is -0.379. The molecule has 19 nitrogen and oxygen atoms in total. The lowest BCUT2D eigenvalue weighted by atomic mass is 9.96. The molecule has 3 saturated heterocycles. The molecule has 3 aliphatic heterocycles. The largest absolute Gasteiger partial charge is 0.394 e. The number of hydrogen-bond donors (Lipinski definition) is 12. The van der Waals surface area contributed by atoms with E-state index in [0.29, 0.717) is 12.8 Å². The van der Waals surface area contributed by atoms with Crippen LogP contribution in [-0.4, -0.2) is 193 Å². The number of hydrogen-bond acceptors (Lipinski definition) is 18. The number of carbonyl (C=O) groups excluding carboxylic acids is 1. The number of aliphatic hydroxyl groups is 11. The maximum Gasteiger partial charge on any atom is 0.220 e. The predicted molar refractivity (Wildman–Crippen MR) is 361 cm³/mol. The smallest absolute Gasteiger partial charge is 0.220 e. The van der Waals surface area contributed by atoms with Gasteiger partial charge in [0.1, 0.15) is 73.2 Å². The number of aliphatic hydroxyl groups excluding tert-OH is 11. The molecule has 3 fully saturated rings. The van der Waals surface area contributed by atoms with E-state index in [4.69, 9.17) is 28.4 Å². The Kier molecular flexibility index (Phi) is 51.4. The average Bonchev–Trinajstić information content (AvgIpc) is 0.839. The van der Waals surface area contributed by atoms with E-state index in [1.54, 1.807) is 0 Å². The molecule has 17 atom stereocenters. The minimum absolute atomic E-state index is 0.234. The monoisotopic (exact) mass is 1320 g/mol. The molecule has 3 heterocycles. The third-order valence-corrected chi connectivity index (χ3v) is 19.7. The fourth-order valence-corrected chi connectivity index (χ4v) is 13.5. The summed E-state index contributed by atoms with van der Waals surface area (Å²) in [5, 5.41) is 121. The highest BCUT2D eigenvalue weighted by atomic mass is 16.8. The first-order chi connectivity index (χ1) is 44.8. The van der Waals surface area contributed by atoms with Gasteiger partial charge in [-0.3, -0.25) is 4.79 Å². The van der Waals surface area contributed by atoms with Gasteiger partial charge in [0, 0.05) is 6.42 Å². The molecule has 0 aliphatic carbocycles. The van der Waals surface area contributed by atoms with Gasteiger partial charge in [0.15, 0.2) is 18.9 Å². The number of nitrogens with one attached hydrogen (secondary N) is 1. The summed E-state index contributed by atoms with van der Waals surface area (Å²) in [5.74, 6) is -0.234. The molecule has 17 unspecified atom stereocenters. The fourth-order valence-electron chi connectivity index (χ4n) is 13.5. The number of ether oxygens (including phenoxy) is 6. The molecule has 12 N–H and O–H groups in total. The van der Waals surface area contributed by atoms with E-state index >= 15 is 0 Å². The molecule has 0 saturated carbocycles. The molecule has 0 aromatic heterocycles. The van der Waals surface area contributed by atoms with Gasteiger partial charge in [0.05, 0.1) is 38.6 Å². The third-order valence-electron chi connectivity index (χ3n) is 19.7. The lowest BCUT2D eigenvalue weighted by Gasteiger charge is -2.48. The van der Waals surface area contributed by atoms with Crippen LogP contribution in [0.5, 0.6) is 0 Å². The Balaban J connectivity index is 1.39. The second-order valence-corrected chi connectivity index (χ2v) is 27.8. The molecular weight excluding hydrogens is 1180 g/mol. The van der Waals surface area contributed by atoms with Crippen molar-refractivity contribution in [2.24, 2.45) is 0 Å². The van der Waals surface area contributed by atoms with E-state index in [2.05, 4.69) is 19.2 Å². The minimum atomic E-state index is -1.97. The molecule has 0 aromatic rings. The van der Waals surface area contributed by atoms with Gasteiger partial charge in [-0.15, -0.1) is 0 Å². The van der Waals surface area contributed by atoms with Crippen molar-refractivity contribution in [1.82, 2.24) is 5.32 Å². The Morgan fingerprint density at radius 3 is 0.946 bits per heavy atom. The van der Waals surface area contributed by atoms with Crippen molar-refractivity contribution >= 4 is 5.91 Å². The van der Waals surface area contributed by atoms with Crippen LogP contribution in [0, 0.1) is 0 Å². The van der Waals surface area contributed by atoms with E-state index in [1.165, 1.54) is 250 Å². The van der Waals surface area contributed by atoms with Crippen LogP contribution in [0.25, 0.3) is 0 Å². The summed E-state index contributed by atoms with van der Waals surface area (Å²) in [6, 6.07) is -0.882. The van der Waals surface area contributed by atoms with Crippen LogP contribution in [-0.2, 0) is 33.2 Å². The van der Waals surface area contributed by atoms with Crippen molar-refractivity contribution in [1.29, 1.82) is 0 Å². The average molecular weight is 1320 g/mol. The van der Waals surface area contributed by atoms with E-state index in [9.17, 15) is 61.0 Å². The van der Waals surface area contributed by atoms with Crippen molar-refractivity contribution < 1.29 is 89.4 Å². The molecular formula is C73H141NO18. The summed E-state index contributed by atoms with van der Waals surface area (Å²) in [6.45, 7) is 1.87. The first kappa shape index (κ1) is 85.0. The summed E-state index contributed by atoms with van der Waals surface area (Å²) in [7, 11) is 0. The lowest BCUT2D eigenvalue weighted by Crippen LogP contribution is -2.66. The first-order valence-corrected chi connectivity index (χ1v) is 38.3. The number of rotatable bonds is 61. The summed E-state index contributed by atoms with van der Waals surface area (Å²) < 4.78 is 34.5. The molecule has 0 radical (unpaired) electrons. The maximum atomic E-state index is 13.5. The van der Waals surface area contributed by atoms with Gasteiger partial charge in [-0.2, -0.15) is 0 Å². The summed E-state index contributed by atoms with van der Waals surface area (Å²) in [5.41, 5.74) is 0. The summed E-state index contributed by atoms with van der Waals surface area (Å²) in [6.07, 6.45) is 34.7. The van der Waals surface area contributed by atoms with Gasteiger partial charge in [-0.25, -0.2) is 0 Å². The summed E-state index contributed by atoms with van der Waals surface area (Å²) >= 11 is 0. The molecule has 19 heteroatoms. The maximum absolute atomic E-state index is 13.5. The van der Waals surface area contributed by atoms with E-state index < -0.39 is 124 Å². The van der Waals surface area contributed by atoms with Crippen LogP contribution in [0.2, 0.25) is 0 Å². The highest BCUT2D eigenvalue weighted by Gasteiger charge is 2.53. The van der Waals surface area contributed by atoms with Crippen LogP contribution in [0.15, 0.2) is 0 Å². The molecule has 0 bridgehead atoms. The van der Waals surface area contributed by atoms with Crippen molar-refractivity contribution in [2.45, 2.75) is 433 Å². The number of unbranched alkanes of at least 4 members (excludes halogenated alkanes) is 45. The Morgan fingerprint density at radius 2 is 0.620 bits per heavy atom. The van der Waals surface area contributed by atoms with E-state index in [1.807, 2.05) is 0 Å². The Bertz CT molecular complexity index is 1670. The van der Waals surface area contributed by atoms with Crippen LogP contribution in [0.1, 0.15) is 328 Å². The highest BCUT2D eigenvalue weighted by Crippen LogP contribution is 2.33. The SMILES string of the molecule is CCCCCCCCCCCCCCCCCCCCCCCCCCCC(O)C(COC1OC(CO)C(OC2OC(CO)C(OC3OC(CO)C(O)C(O)C3O)C(O)C2O)C(O)C1O)NC(=O)CCCCCCCCCCCCCCCCCCCCCCCC. The molecule has 546 valence electrons. The molecule has 0 spiro atoms. The van der Waals surface area contributed by atoms with E-state index in [-0.39, 0.29) is 18.9 Å². The zero-order chi connectivity index (χ0) is 66.8. The quantitative estimate of drug-likeness (QED) is 0.0252. The number of amides is 1. The van der Waals surface area contributed by atoms with Crippen LogP contribution in [0.4, 0.5) is 0 Å². The van der Waals surface area contributed by atoms with Crippen molar-refractivity contribution in [3.63, 3.8) is 0 Å². The Hall–Kier alpha value is -1.21. The zero-order valence-corrected chi connectivity index (χ0v) is 58.1. The van der Waals surface area contributed by atoms with Gasteiger partial charge in [0.2, 0.25) is 5.91 Å². The molecule has 92 heavy (non-hydrogen) atoms. The van der Waals surface area contributed by atoms with Crippen molar-refractivity contribution in [2.75, 3.05) is 26.4 Å². The van der Waals surface area contributed by atoms with Gasteiger partial charge in [0.25, 0.3) is 0 Å². The Morgan fingerprint density at radius 1 is 0.348 bits per heavy atom. The van der Waals surface area contributed by atoms with Crippen LogP contribution < -0.4 is 5.32 Å². The first-order valence-electron chi connectivity index (χ1n) is 38.3. The standard InChI is InChI=1S/C73H141NO18/c1-3-5-7-9-11-13-15-17-19-21-23-25-27-28-29-30-32-34-36-38-40-42-44-46-48-50-57(78)56(74-61(79)51-49-47-45-43-41-39-37-35-33-31-26-24-22-20-18-16-14-12-10-8-6-4-2)55-87-71-67(85)64(82)69(59(53-76)89-71)92-73-68(86)65(83)70(60(54-77)90-73)91-72-66(84)63(81)62(80)58(52-75)88-72/h56-60,62-73,75-78,80-86H,3-55H2,1-2H3,(H,74,79).